The van der Waals surface area contributed by atoms with Gasteiger partial charge in [0.25, 0.3) is 0 Å². The van der Waals surface area contributed by atoms with Crippen LogP contribution in [0.15, 0.2) is 0 Å². The third kappa shape index (κ3) is 2.08. The zero-order chi connectivity index (χ0) is 10.1. The fourth-order valence-electron chi connectivity index (χ4n) is 2.21. The second-order valence-electron chi connectivity index (χ2n) is 4.79. The van der Waals surface area contributed by atoms with Crippen LogP contribution in [0.1, 0.15) is 32.6 Å². The highest BCUT2D eigenvalue weighted by atomic mass is 16.2. The number of hydrogen-bond acceptors (Lipinski definition) is 2. The van der Waals surface area contributed by atoms with Crippen molar-refractivity contribution in [1.29, 1.82) is 0 Å². The molecule has 2 rings (SSSR count). The molecule has 1 atom stereocenters. The first-order valence-electron chi connectivity index (χ1n) is 5.73. The number of carbonyl (C=O) groups excluding carboxylic acids is 1. The van der Waals surface area contributed by atoms with Crippen molar-refractivity contribution in [2.24, 2.45) is 17.6 Å². The smallest absolute Gasteiger partial charge is 0.225 e. The normalized spacial score (nSPS) is 26.3. The van der Waals surface area contributed by atoms with Crippen molar-refractivity contribution in [1.82, 2.24) is 4.90 Å². The van der Waals surface area contributed by atoms with Crippen LogP contribution in [-0.2, 0) is 4.79 Å². The number of piperidine rings is 1. The average Bonchev–Trinajstić information content (AvgIpc) is 3.00. The summed E-state index contributed by atoms with van der Waals surface area (Å²) < 4.78 is 0. The van der Waals surface area contributed by atoms with Crippen molar-refractivity contribution in [2.45, 2.75) is 38.6 Å². The Hall–Kier alpha value is -0.570. The van der Waals surface area contributed by atoms with E-state index in [2.05, 4.69) is 6.92 Å². The largest absolute Gasteiger partial charge is 0.342 e. The van der Waals surface area contributed by atoms with E-state index in [-0.39, 0.29) is 5.92 Å². The second kappa shape index (κ2) is 3.89. The predicted octanol–water partition coefficient (Wildman–Crippen LogP) is 0.982. The molecule has 3 nitrogen and oxygen atoms in total. The summed E-state index contributed by atoms with van der Waals surface area (Å²) in [7, 11) is 0. The summed E-state index contributed by atoms with van der Waals surface area (Å²) in [5.41, 5.74) is 5.81. The highest BCUT2D eigenvalue weighted by molar-refractivity contribution is 5.79. The molecule has 2 fully saturated rings. The molecule has 1 saturated carbocycles. The minimum atomic E-state index is 0.254. The van der Waals surface area contributed by atoms with Crippen LogP contribution in [0.2, 0.25) is 0 Å². The van der Waals surface area contributed by atoms with E-state index in [9.17, 15) is 4.79 Å². The molecule has 1 amide bonds. The summed E-state index contributed by atoms with van der Waals surface area (Å²) in [6, 6.07) is 0.315. The highest BCUT2D eigenvalue weighted by Crippen LogP contribution is 2.37. The Morgan fingerprint density at radius 3 is 2.36 bits per heavy atom. The van der Waals surface area contributed by atoms with Crippen molar-refractivity contribution in [3.63, 3.8) is 0 Å². The molecule has 14 heavy (non-hydrogen) atoms. The number of nitrogens with zero attached hydrogens (tertiary/aromatic N) is 1. The Bertz CT molecular complexity index is 217. The van der Waals surface area contributed by atoms with Gasteiger partial charge in [-0.3, -0.25) is 4.79 Å². The van der Waals surface area contributed by atoms with Crippen molar-refractivity contribution in [3.8, 4) is 0 Å². The number of rotatable bonds is 2. The van der Waals surface area contributed by atoms with E-state index in [4.69, 9.17) is 5.73 Å². The second-order valence-corrected chi connectivity index (χ2v) is 4.79. The lowest BCUT2D eigenvalue weighted by Gasteiger charge is -2.32. The molecule has 1 aliphatic heterocycles. The molecule has 0 aromatic rings. The van der Waals surface area contributed by atoms with Crippen LogP contribution in [-0.4, -0.2) is 29.9 Å². The first-order chi connectivity index (χ1) is 6.68. The molecular formula is C11H20N2O. The molecule has 1 aliphatic carbocycles. The summed E-state index contributed by atoms with van der Waals surface area (Å²) >= 11 is 0. The fraction of sp³-hybridized carbons (Fsp3) is 0.909. The Morgan fingerprint density at radius 2 is 1.86 bits per heavy atom. The van der Waals surface area contributed by atoms with Gasteiger partial charge < -0.3 is 10.6 Å². The fourth-order valence-corrected chi connectivity index (χ4v) is 2.21. The number of likely N-dealkylation sites (tertiary alicyclic amines) is 1. The van der Waals surface area contributed by atoms with Crippen molar-refractivity contribution < 1.29 is 4.79 Å². The molecule has 0 radical (unpaired) electrons. The molecule has 2 aliphatic rings. The molecular weight excluding hydrogens is 176 g/mol. The molecule has 0 spiro atoms. The summed E-state index contributed by atoms with van der Waals surface area (Å²) in [6.45, 7) is 3.82. The topological polar surface area (TPSA) is 46.3 Å². The Kier molecular flexibility index (Phi) is 2.77. The van der Waals surface area contributed by atoms with E-state index < -0.39 is 0 Å². The van der Waals surface area contributed by atoms with Crippen molar-refractivity contribution in [2.75, 3.05) is 13.1 Å². The number of nitrogens with two attached hydrogens (primary N) is 1. The van der Waals surface area contributed by atoms with Gasteiger partial charge in [0.05, 0.1) is 0 Å². The quantitative estimate of drug-likeness (QED) is 0.715. The molecule has 0 aromatic heterocycles. The first-order valence-corrected chi connectivity index (χ1v) is 5.73. The van der Waals surface area contributed by atoms with Gasteiger partial charge in [0.2, 0.25) is 5.91 Å². The lowest BCUT2D eigenvalue weighted by molar-refractivity contribution is -0.136. The molecule has 1 unspecified atom stereocenters. The molecule has 3 heteroatoms. The third-order valence-corrected chi connectivity index (χ3v) is 3.57. The zero-order valence-corrected chi connectivity index (χ0v) is 8.91. The molecule has 1 saturated heterocycles. The van der Waals surface area contributed by atoms with Crippen LogP contribution in [0.25, 0.3) is 0 Å². The lowest BCUT2D eigenvalue weighted by atomic mass is 10.0. The van der Waals surface area contributed by atoms with E-state index >= 15 is 0 Å². The van der Waals surface area contributed by atoms with E-state index in [1.807, 2.05) is 4.90 Å². The van der Waals surface area contributed by atoms with E-state index in [1.54, 1.807) is 0 Å². The highest BCUT2D eigenvalue weighted by Gasteiger charge is 2.35. The minimum absolute atomic E-state index is 0.254. The first kappa shape index (κ1) is 9.97. The van der Waals surface area contributed by atoms with E-state index in [1.165, 1.54) is 12.8 Å². The molecule has 80 valence electrons. The summed E-state index contributed by atoms with van der Waals surface area (Å²) in [5.74, 6) is 1.29. The third-order valence-electron chi connectivity index (χ3n) is 3.57. The average molecular weight is 196 g/mol. The molecule has 0 aromatic carbocycles. The number of amides is 1. The summed E-state index contributed by atoms with van der Waals surface area (Å²) in [6.07, 6.45) is 4.45. The standard InChI is InChI=1S/C11H20N2O/c1-8(9-2-3-9)11(14)13-6-4-10(12)5-7-13/h8-10H,2-7,12H2,1H3. The van der Waals surface area contributed by atoms with Crippen LogP contribution < -0.4 is 5.73 Å². The maximum atomic E-state index is 12.0. The monoisotopic (exact) mass is 196 g/mol. The van der Waals surface area contributed by atoms with Crippen molar-refractivity contribution >= 4 is 5.91 Å². The molecule has 1 heterocycles. The number of hydrogen-bond donors (Lipinski definition) is 1. The zero-order valence-electron chi connectivity index (χ0n) is 8.91. The van der Waals surface area contributed by atoms with Gasteiger partial charge in [-0.05, 0) is 31.6 Å². The maximum absolute atomic E-state index is 12.0. The maximum Gasteiger partial charge on any atom is 0.225 e. The van der Waals surface area contributed by atoms with Crippen LogP contribution in [0.3, 0.4) is 0 Å². The van der Waals surface area contributed by atoms with E-state index in [0.717, 1.165) is 25.9 Å². The van der Waals surface area contributed by atoms with Crippen LogP contribution in [0.4, 0.5) is 0 Å². The van der Waals surface area contributed by atoms with Gasteiger partial charge in [0, 0.05) is 25.0 Å². The van der Waals surface area contributed by atoms with Gasteiger partial charge >= 0.3 is 0 Å². The predicted molar refractivity (Wildman–Crippen MR) is 55.7 cm³/mol. The molecule has 0 bridgehead atoms. The summed E-state index contributed by atoms with van der Waals surface area (Å²) in [5, 5.41) is 0. The van der Waals surface area contributed by atoms with E-state index in [0.29, 0.717) is 17.9 Å². The summed E-state index contributed by atoms with van der Waals surface area (Å²) in [4.78, 5) is 14.0. The van der Waals surface area contributed by atoms with Crippen LogP contribution in [0, 0.1) is 11.8 Å². The Labute approximate surface area is 85.6 Å². The van der Waals surface area contributed by atoms with Crippen LogP contribution >= 0.6 is 0 Å². The van der Waals surface area contributed by atoms with Gasteiger partial charge in [0.15, 0.2) is 0 Å². The Morgan fingerprint density at radius 1 is 1.29 bits per heavy atom. The van der Waals surface area contributed by atoms with Gasteiger partial charge in [-0.25, -0.2) is 0 Å². The Balaban J connectivity index is 1.84. The van der Waals surface area contributed by atoms with Crippen LogP contribution in [0.5, 0.6) is 0 Å². The van der Waals surface area contributed by atoms with Gasteiger partial charge in [-0.2, -0.15) is 0 Å². The lowest BCUT2D eigenvalue weighted by Crippen LogP contribution is -2.45. The molecule has 2 N–H and O–H groups in total. The van der Waals surface area contributed by atoms with Gasteiger partial charge in [0.1, 0.15) is 0 Å². The SMILES string of the molecule is CC(C(=O)N1CCC(N)CC1)C1CC1. The van der Waals surface area contributed by atoms with Gasteiger partial charge in [-0.1, -0.05) is 6.92 Å². The van der Waals surface area contributed by atoms with Crippen molar-refractivity contribution in [3.05, 3.63) is 0 Å². The number of carbonyl (C=O) groups is 1. The van der Waals surface area contributed by atoms with Gasteiger partial charge in [-0.15, -0.1) is 0 Å². The minimum Gasteiger partial charge on any atom is -0.342 e.